The van der Waals surface area contributed by atoms with Crippen LogP contribution in [0, 0.1) is 0 Å². The number of unbranched alkanes of at least 4 members (excludes halogenated alkanes) is 17. The highest BCUT2D eigenvalue weighted by atomic mass is 16.4. The maximum atomic E-state index is 12.9. The lowest BCUT2D eigenvalue weighted by molar-refractivity contribution is -0.140. The summed E-state index contributed by atoms with van der Waals surface area (Å²) >= 11 is 0. The van der Waals surface area contributed by atoms with Crippen molar-refractivity contribution in [1.82, 2.24) is 4.90 Å². The zero-order chi connectivity index (χ0) is 27.7. The van der Waals surface area contributed by atoms with E-state index in [9.17, 15) is 25.2 Å². The van der Waals surface area contributed by atoms with E-state index in [2.05, 4.69) is 13.8 Å². The highest BCUT2D eigenvalue weighted by molar-refractivity contribution is 5.76. The van der Waals surface area contributed by atoms with E-state index in [0.717, 1.165) is 38.5 Å². The fourth-order valence-corrected chi connectivity index (χ4v) is 4.75. The van der Waals surface area contributed by atoms with Gasteiger partial charge in [0.15, 0.2) is 0 Å². The van der Waals surface area contributed by atoms with Crippen molar-refractivity contribution in [3.05, 3.63) is 0 Å². The Kier molecular flexibility index (Phi) is 25.0. The lowest BCUT2D eigenvalue weighted by atomic mass is 10.0. The van der Waals surface area contributed by atoms with Crippen LogP contribution in [0.25, 0.3) is 0 Å². The van der Waals surface area contributed by atoms with Crippen LogP contribution in [-0.4, -0.2) is 80.5 Å². The van der Waals surface area contributed by atoms with Crippen LogP contribution in [0.1, 0.15) is 142 Å². The molecule has 0 aromatic carbocycles. The summed E-state index contributed by atoms with van der Waals surface area (Å²) in [6.07, 6.45) is 16.7. The van der Waals surface area contributed by atoms with Gasteiger partial charge in [-0.15, -0.1) is 0 Å². The van der Waals surface area contributed by atoms with Crippen molar-refractivity contribution in [2.24, 2.45) is 0 Å². The normalized spacial score (nSPS) is 14.9. The summed E-state index contributed by atoms with van der Waals surface area (Å²) in [4.78, 5) is 14.5. The molecule has 0 fully saturated rings. The third-order valence-electron chi connectivity index (χ3n) is 7.36. The van der Waals surface area contributed by atoms with E-state index >= 15 is 0 Å². The summed E-state index contributed by atoms with van der Waals surface area (Å²) in [6.45, 7) is 4.14. The molecular weight excluding hydrogens is 470 g/mol. The van der Waals surface area contributed by atoms with Crippen LogP contribution >= 0.6 is 0 Å². The van der Waals surface area contributed by atoms with Crippen LogP contribution < -0.4 is 0 Å². The van der Waals surface area contributed by atoms with Gasteiger partial charge in [-0.3, -0.25) is 4.79 Å². The van der Waals surface area contributed by atoms with E-state index in [0.29, 0.717) is 13.0 Å². The molecule has 37 heavy (non-hydrogen) atoms. The van der Waals surface area contributed by atoms with Crippen LogP contribution in [0.2, 0.25) is 0 Å². The van der Waals surface area contributed by atoms with Gasteiger partial charge >= 0.3 is 0 Å². The molecule has 0 aliphatic rings. The highest BCUT2D eigenvalue weighted by Gasteiger charge is 2.31. The number of aliphatic hydroxyl groups excluding tert-OH is 5. The first-order valence-electron chi connectivity index (χ1n) is 15.5. The molecule has 0 saturated heterocycles. The predicted octanol–water partition coefficient (Wildman–Crippen LogP) is 5.09. The van der Waals surface area contributed by atoms with Crippen molar-refractivity contribution in [3.8, 4) is 0 Å². The van der Waals surface area contributed by atoms with E-state index in [1.165, 1.54) is 83.5 Å². The van der Waals surface area contributed by atoms with Crippen LogP contribution in [0.5, 0.6) is 0 Å². The van der Waals surface area contributed by atoms with Crippen molar-refractivity contribution < 1.29 is 30.3 Å². The number of nitrogens with zero attached hydrogens (tertiary/aromatic N) is 1. The maximum Gasteiger partial charge on any atom is 0.222 e. The standard InChI is InChI=1S/C30H61NO6/c1-3-5-7-9-11-13-14-15-16-18-20-22-28(35)31(23-21-19-17-12-10-8-6-4-2)24-26(33)29(36)30(37)27(34)25-32/h26-27,29-30,32-34,36-37H,3-25H2,1-2H3/t26-,27+,29+,30+/m0/s1. The molecule has 222 valence electrons. The maximum absolute atomic E-state index is 12.9. The molecule has 5 N–H and O–H groups in total. The van der Waals surface area contributed by atoms with Crippen LogP contribution in [-0.2, 0) is 4.79 Å². The van der Waals surface area contributed by atoms with Crippen molar-refractivity contribution >= 4 is 5.91 Å². The molecule has 0 unspecified atom stereocenters. The molecule has 7 heteroatoms. The minimum Gasteiger partial charge on any atom is -0.394 e. The Bertz CT molecular complexity index is 506. The average molecular weight is 532 g/mol. The molecule has 0 aliphatic carbocycles. The van der Waals surface area contributed by atoms with Crippen LogP contribution in [0.4, 0.5) is 0 Å². The molecule has 0 rings (SSSR count). The lowest BCUT2D eigenvalue weighted by Gasteiger charge is -2.30. The predicted molar refractivity (Wildman–Crippen MR) is 151 cm³/mol. The summed E-state index contributed by atoms with van der Waals surface area (Å²) in [5.74, 6) is -0.0395. The molecular formula is C30H61NO6. The van der Waals surface area contributed by atoms with Gasteiger partial charge in [0, 0.05) is 19.5 Å². The molecule has 1 amide bonds. The zero-order valence-corrected chi connectivity index (χ0v) is 24.2. The van der Waals surface area contributed by atoms with E-state index < -0.39 is 31.0 Å². The van der Waals surface area contributed by atoms with Gasteiger partial charge in [0.1, 0.15) is 24.4 Å². The fourth-order valence-electron chi connectivity index (χ4n) is 4.75. The second kappa shape index (κ2) is 25.5. The van der Waals surface area contributed by atoms with Gasteiger partial charge in [0.2, 0.25) is 5.91 Å². The average Bonchev–Trinajstić information content (AvgIpc) is 2.90. The fraction of sp³-hybridized carbons (Fsp3) is 0.967. The Morgan fingerprint density at radius 2 is 0.946 bits per heavy atom. The largest absolute Gasteiger partial charge is 0.394 e. The lowest BCUT2D eigenvalue weighted by Crippen LogP contribution is -2.50. The first-order chi connectivity index (χ1) is 17.9. The second-order valence-electron chi connectivity index (χ2n) is 10.9. The van der Waals surface area contributed by atoms with E-state index in [-0.39, 0.29) is 12.5 Å². The monoisotopic (exact) mass is 531 g/mol. The molecule has 0 heterocycles. The summed E-state index contributed by atoms with van der Waals surface area (Å²) in [5, 5.41) is 49.2. The summed E-state index contributed by atoms with van der Waals surface area (Å²) in [6, 6.07) is 0. The van der Waals surface area contributed by atoms with Gasteiger partial charge in [-0.05, 0) is 12.8 Å². The molecule has 0 radical (unpaired) electrons. The third kappa shape index (κ3) is 19.9. The van der Waals surface area contributed by atoms with Gasteiger partial charge in [-0.2, -0.15) is 0 Å². The van der Waals surface area contributed by atoms with Gasteiger partial charge in [0.05, 0.1) is 6.61 Å². The summed E-state index contributed by atoms with van der Waals surface area (Å²) < 4.78 is 0. The SMILES string of the molecule is CCCCCCCCCCCCCC(=O)N(CCCCCCCCCC)C[C@H](O)[C@@H](O)[C@H](O)[C@H](O)CO. The van der Waals surface area contributed by atoms with E-state index in [1.54, 1.807) is 4.90 Å². The van der Waals surface area contributed by atoms with Gasteiger partial charge in [0.25, 0.3) is 0 Å². The quantitative estimate of drug-likeness (QED) is 0.0941. The topological polar surface area (TPSA) is 121 Å². The van der Waals surface area contributed by atoms with Gasteiger partial charge in [-0.1, -0.05) is 123 Å². The van der Waals surface area contributed by atoms with E-state index in [4.69, 9.17) is 5.11 Å². The van der Waals surface area contributed by atoms with Gasteiger partial charge in [-0.25, -0.2) is 0 Å². The van der Waals surface area contributed by atoms with Crippen molar-refractivity contribution in [3.63, 3.8) is 0 Å². The number of hydrogen-bond acceptors (Lipinski definition) is 6. The summed E-state index contributed by atoms with van der Waals surface area (Å²) in [7, 11) is 0. The number of carbonyl (C=O) groups excluding carboxylic acids is 1. The summed E-state index contributed by atoms with van der Waals surface area (Å²) in [5.41, 5.74) is 0. The Morgan fingerprint density at radius 1 is 0.568 bits per heavy atom. The number of hydrogen-bond donors (Lipinski definition) is 5. The highest BCUT2D eigenvalue weighted by Crippen LogP contribution is 2.15. The Hall–Kier alpha value is -0.730. The molecule has 0 spiro atoms. The zero-order valence-electron chi connectivity index (χ0n) is 24.2. The molecule has 0 aliphatic heterocycles. The number of amides is 1. The number of carbonyl (C=O) groups is 1. The third-order valence-corrected chi connectivity index (χ3v) is 7.36. The van der Waals surface area contributed by atoms with Gasteiger partial charge < -0.3 is 30.4 Å². The molecule has 0 aromatic heterocycles. The number of rotatable bonds is 27. The molecule has 0 bridgehead atoms. The second-order valence-corrected chi connectivity index (χ2v) is 10.9. The smallest absolute Gasteiger partial charge is 0.222 e. The number of aliphatic hydroxyl groups is 5. The minimum atomic E-state index is -1.67. The molecule has 0 aromatic rings. The Morgan fingerprint density at radius 3 is 1.38 bits per heavy atom. The first kappa shape index (κ1) is 36.3. The first-order valence-corrected chi connectivity index (χ1v) is 15.5. The van der Waals surface area contributed by atoms with Crippen molar-refractivity contribution in [2.75, 3.05) is 19.7 Å². The Labute approximate surface area is 227 Å². The van der Waals surface area contributed by atoms with Crippen molar-refractivity contribution in [1.29, 1.82) is 0 Å². The van der Waals surface area contributed by atoms with Crippen LogP contribution in [0.3, 0.4) is 0 Å². The van der Waals surface area contributed by atoms with Crippen LogP contribution in [0.15, 0.2) is 0 Å². The Balaban J connectivity index is 4.43. The molecule has 0 saturated carbocycles. The molecule has 7 nitrogen and oxygen atoms in total. The minimum absolute atomic E-state index is 0.0395. The molecule has 4 atom stereocenters. The van der Waals surface area contributed by atoms with E-state index in [1.807, 2.05) is 0 Å². The van der Waals surface area contributed by atoms with Crippen molar-refractivity contribution in [2.45, 2.75) is 167 Å².